The number of hydrogen-bond acceptors (Lipinski definition) is 6. The Morgan fingerprint density at radius 3 is 2.04 bits per heavy atom. The van der Waals surface area contributed by atoms with Crippen LogP contribution in [0.5, 0.6) is 17.2 Å². The average molecular weight is 391 g/mol. The number of aromatic nitrogens is 2. The summed E-state index contributed by atoms with van der Waals surface area (Å²) < 4.78 is 22.4. The molecule has 124 valence electrons. The van der Waals surface area contributed by atoms with Gasteiger partial charge in [0.2, 0.25) is 11.6 Å². The van der Waals surface area contributed by atoms with Gasteiger partial charge in [0, 0.05) is 15.6 Å². The maximum Gasteiger partial charge on any atom is 0.258 e. The smallest absolute Gasteiger partial charge is 0.258 e. The lowest BCUT2D eigenvalue weighted by Crippen LogP contribution is -1.96. The van der Waals surface area contributed by atoms with Crippen molar-refractivity contribution in [2.24, 2.45) is 0 Å². The minimum absolute atomic E-state index is 0.436. The molecule has 24 heavy (non-hydrogen) atoms. The molecule has 0 amide bonds. The van der Waals surface area contributed by atoms with Gasteiger partial charge in [0.1, 0.15) is 0 Å². The van der Waals surface area contributed by atoms with Crippen LogP contribution in [0.4, 0.5) is 0 Å². The standard InChI is InChI=1S/C17H15BrN2O4/c1-21-13-8-11(9-14(22-2)15(13)23-3)16-19-17(24-20-16)10-4-6-12(18)7-5-10/h4-9H,1-3H3. The minimum atomic E-state index is 0.436. The molecule has 0 spiro atoms. The van der Waals surface area contributed by atoms with E-state index < -0.39 is 0 Å². The van der Waals surface area contributed by atoms with Gasteiger partial charge in [0.15, 0.2) is 11.5 Å². The fraction of sp³-hybridized carbons (Fsp3) is 0.176. The minimum Gasteiger partial charge on any atom is -0.493 e. The highest BCUT2D eigenvalue weighted by atomic mass is 79.9. The normalized spacial score (nSPS) is 10.5. The van der Waals surface area contributed by atoms with E-state index in [4.69, 9.17) is 18.7 Å². The number of rotatable bonds is 5. The van der Waals surface area contributed by atoms with E-state index in [-0.39, 0.29) is 0 Å². The van der Waals surface area contributed by atoms with Gasteiger partial charge in [-0.1, -0.05) is 21.1 Å². The van der Waals surface area contributed by atoms with Crippen LogP contribution in [-0.4, -0.2) is 31.5 Å². The Morgan fingerprint density at radius 1 is 0.875 bits per heavy atom. The molecular formula is C17H15BrN2O4. The summed E-state index contributed by atoms with van der Waals surface area (Å²) in [7, 11) is 4.68. The zero-order valence-corrected chi connectivity index (χ0v) is 15.0. The van der Waals surface area contributed by atoms with Gasteiger partial charge < -0.3 is 18.7 Å². The molecule has 0 bridgehead atoms. The van der Waals surface area contributed by atoms with Crippen molar-refractivity contribution in [3.8, 4) is 40.1 Å². The molecule has 0 aliphatic rings. The van der Waals surface area contributed by atoms with Gasteiger partial charge >= 0.3 is 0 Å². The summed E-state index contributed by atoms with van der Waals surface area (Å²) in [6, 6.07) is 11.2. The predicted molar refractivity (Wildman–Crippen MR) is 92.5 cm³/mol. The van der Waals surface area contributed by atoms with Crippen molar-refractivity contribution < 1.29 is 18.7 Å². The van der Waals surface area contributed by atoms with Crippen molar-refractivity contribution in [3.05, 3.63) is 40.9 Å². The van der Waals surface area contributed by atoms with E-state index in [0.717, 1.165) is 10.0 Å². The van der Waals surface area contributed by atoms with Crippen LogP contribution in [0.2, 0.25) is 0 Å². The quantitative estimate of drug-likeness (QED) is 0.650. The van der Waals surface area contributed by atoms with Gasteiger partial charge in [-0.15, -0.1) is 0 Å². The Hall–Kier alpha value is -2.54. The highest BCUT2D eigenvalue weighted by Gasteiger charge is 2.17. The first-order chi connectivity index (χ1) is 11.7. The molecule has 3 aromatic rings. The Labute approximate surface area is 147 Å². The largest absolute Gasteiger partial charge is 0.493 e. The van der Waals surface area contributed by atoms with E-state index in [2.05, 4.69) is 26.1 Å². The summed E-state index contributed by atoms with van der Waals surface area (Å²) in [5.41, 5.74) is 1.54. The van der Waals surface area contributed by atoms with Crippen LogP contribution < -0.4 is 14.2 Å². The summed E-state index contributed by atoms with van der Waals surface area (Å²) in [5.74, 6) is 2.45. The Morgan fingerprint density at radius 2 is 1.50 bits per heavy atom. The van der Waals surface area contributed by atoms with Gasteiger partial charge in [-0.05, 0) is 36.4 Å². The molecule has 0 fully saturated rings. The number of halogens is 1. The zero-order valence-electron chi connectivity index (χ0n) is 13.4. The highest BCUT2D eigenvalue weighted by Crippen LogP contribution is 2.40. The van der Waals surface area contributed by atoms with E-state index in [9.17, 15) is 0 Å². The molecule has 0 aliphatic heterocycles. The third-order valence-corrected chi connectivity index (χ3v) is 3.97. The lowest BCUT2D eigenvalue weighted by atomic mass is 10.1. The molecule has 0 saturated carbocycles. The van der Waals surface area contributed by atoms with Crippen molar-refractivity contribution >= 4 is 15.9 Å². The third kappa shape index (κ3) is 3.07. The first-order valence-electron chi connectivity index (χ1n) is 7.06. The number of methoxy groups -OCH3 is 3. The van der Waals surface area contributed by atoms with E-state index in [1.54, 1.807) is 33.5 Å². The first-order valence-corrected chi connectivity index (χ1v) is 7.85. The molecule has 6 nitrogen and oxygen atoms in total. The van der Waals surface area contributed by atoms with E-state index in [1.807, 2.05) is 24.3 Å². The van der Waals surface area contributed by atoms with Crippen LogP contribution in [0.3, 0.4) is 0 Å². The maximum absolute atomic E-state index is 5.36. The Bertz CT molecular complexity index is 821. The number of nitrogens with zero attached hydrogens (tertiary/aromatic N) is 2. The van der Waals surface area contributed by atoms with Gasteiger partial charge in [0.25, 0.3) is 5.89 Å². The summed E-state index contributed by atoms with van der Waals surface area (Å²) in [6.07, 6.45) is 0. The summed E-state index contributed by atoms with van der Waals surface area (Å²) in [6.45, 7) is 0. The number of hydrogen-bond donors (Lipinski definition) is 0. The topological polar surface area (TPSA) is 66.6 Å². The van der Waals surface area contributed by atoms with Crippen LogP contribution in [0.25, 0.3) is 22.8 Å². The summed E-state index contributed by atoms with van der Waals surface area (Å²) in [4.78, 5) is 4.44. The van der Waals surface area contributed by atoms with Gasteiger partial charge in [-0.25, -0.2) is 0 Å². The van der Waals surface area contributed by atoms with Crippen LogP contribution in [0, 0.1) is 0 Å². The SMILES string of the molecule is COc1cc(-c2noc(-c3ccc(Br)cc3)n2)cc(OC)c1OC. The third-order valence-electron chi connectivity index (χ3n) is 3.44. The molecule has 1 aromatic heterocycles. The molecular weight excluding hydrogens is 376 g/mol. The van der Waals surface area contributed by atoms with E-state index in [0.29, 0.717) is 34.5 Å². The molecule has 0 saturated heterocycles. The first kappa shape index (κ1) is 16.3. The van der Waals surface area contributed by atoms with Crippen LogP contribution in [0.15, 0.2) is 45.4 Å². The fourth-order valence-electron chi connectivity index (χ4n) is 2.26. The summed E-state index contributed by atoms with van der Waals surface area (Å²) in [5, 5.41) is 4.04. The molecule has 0 unspecified atom stereocenters. The maximum atomic E-state index is 5.36. The highest BCUT2D eigenvalue weighted by molar-refractivity contribution is 9.10. The van der Waals surface area contributed by atoms with Gasteiger partial charge in [-0.2, -0.15) is 4.98 Å². The zero-order chi connectivity index (χ0) is 17.1. The second-order valence-corrected chi connectivity index (χ2v) is 5.76. The second-order valence-electron chi connectivity index (χ2n) is 4.84. The number of ether oxygens (including phenoxy) is 3. The molecule has 7 heteroatoms. The lowest BCUT2D eigenvalue weighted by Gasteiger charge is -2.12. The lowest BCUT2D eigenvalue weighted by molar-refractivity contribution is 0.324. The van der Waals surface area contributed by atoms with Crippen molar-refractivity contribution in [1.82, 2.24) is 10.1 Å². The van der Waals surface area contributed by atoms with E-state index in [1.165, 1.54) is 0 Å². The van der Waals surface area contributed by atoms with Gasteiger partial charge in [0.05, 0.1) is 21.3 Å². The van der Waals surface area contributed by atoms with Crippen LogP contribution in [-0.2, 0) is 0 Å². The molecule has 1 heterocycles. The van der Waals surface area contributed by atoms with Crippen LogP contribution in [0.1, 0.15) is 0 Å². The second kappa shape index (κ2) is 6.92. The monoisotopic (exact) mass is 390 g/mol. The molecule has 3 rings (SSSR count). The molecule has 0 aliphatic carbocycles. The Kier molecular flexibility index (Phi) is 4.71. The summed E-state index contributed by atoms with van der Waals surface area (Å²) >= 11 is 3.40. The molecule has 0 atom stereocenters. The van der Waals surface area contributed by atoms with Crippen molar-refractivity contribution in [3.63, 3.8) is 0 Å². The average Bonchev–Trinajstić information content (AvgIpc) is 3.11. The van der Waals surface area contributed by atoms with Gasteiger partial charge in [-0.3, -0.25) is 0 Å². The van der Waals surface area contributed by atoms with Crippen molar-refractivity contribution in [2.45, 2.75) is 0 Å². The molecule has 0 N–H and O–H groups in total. The molecule has 2 aromatic carbocycles. The Balaban J connectivity index is 2.02. The van der Waals surface area contributed by atoms with Crippen molar-refractivity contribution in [2.75, 3.05) is 21.3 Å². The molecule has 0 radical (unpaired) electrons. The van der Waals surface area contributed by atoms with Crippen molar-refractivity contribution in [1.29, 1.82) is 0 Å². The predicted octanol–water partition coefficient (Wildman–Crippen LogP) is 4.19. The number of benzene rings is 2. The fourth-order valence-corrected chi connectivity index (χ4v) is 2.52. The van der Waals surface area contributed by atoms with Crippen LogP contribution >= 0.6 is 15.9 Å². The van der Waals surface area contributed by atoms with E-state index >= 15 is 0 Å².